The van der Waals surface area contributed by atoms with Crippen LogP contribution in [0.2, 0.25) is 0 Å². The van der Waals surface area contributed by atoms with Crippen LogP contribution in [0.25, 0.3) is 5.69 Å². The van der Waals surface area contributed by atoms with Crippen LogP contribution in [0.15, 0.2) is 48.5 Å². The van der Waals surface area contributed by atoms with Crippen molar-refractivity contribution in [3.05, 3.63) is 70.3 Å². The van der Waals surface area contributed by atoms with E-state index in [1.807, 2.05) is 0 Å². The molecule has 0 aliphatic rings. The van der Waals surface area contributed by atoms with Crippen molar-refractivity contribution in [3.63, 3.8) is 0 Å². The second-order valence-corrected chi connectivity index (χ2v) is 6.13. The molecule has 3 rings (SSSR count). The molecule has 2 N–H and O–H groups in total. The molecule has 0 saturated carbocycles. The van der Waals surface area contributed by atoms with Gasteiger partial charge in [0.15, 0.2) is 10.6 Å². The number of hydrogen-bond acceptors (Lipinski definition) is 4. The molecule has 2 aromatic carbocycles. The lowest BCUT2D eigenvalue weighted by Gasteiger charge is -2.11. The average molecular weight is 408 g/mol. The quantitative estimate of drug-likeness (QED) is 0.629. The highest BCUT2D eigenvalue weighted by Crippen LogP contribution is 2.30. The highest BCUT2D eigenvalue weighted by atomic mass is 32.1. The third-order valence-corrected chi connectivity index (χ3v) is 4.19. The number of carbonyl (C=O) groups excluding carboxylic acids is 1. The van der Waals surface area contributed by atoms with Crippen LogP contribution in [-0.4, -0.2) is 27.8 Å². The van der Waals surface area contributed by atoms with Gasteiger partial charge in [-0.05, 0) is 48.6 Å². The molecule has 0 spiro atoms. The zero-order chi connectivity index (χ0) is 20.3. The van der Waals surface area contributed by atoms with Gasteiger partial charge < -0.3 is 10.1 Å². The van der Waals surface area contributed by atoms with Gasteiger partial charge in [-0.3, -0.25) is 14.5 Å². The summed E-state index contributed by atoms with van der Waals surface area (Å²) in [4.78, 5) is 12.3. The molecule has 0 unspecified atom stereocenters. The topological polar surface area (TPSA) is 71.9 Å². The van der Waals surface area contributed by atoms with E-state index in [1.54, 1.807) is 24.3 Å². The van der Waals surface area contributed by atoms with Gasteiger partial charge in [-0.25, -0.2) is 0 Å². The maximum atomic E-state index is 13.0. The molecule has 28 heavy (non-hydrogen) atoms. The number of methoxy groups -OCH3 is 1. The number of carbonyl (C=O) groups is 1. The maximum absolute atomic E-state index is 13.0. The Labute approximate surface area is 163 Å². The first-order valence-corrected chi connectivity index (χ1v) is 8.46. The van der Waals surface area contributed by atoms with Gasteiger partial charge in [0.1, 0.15) is 5.75 Å². The van der Waals surface area contributed by atoms with E-state index in [4.69, 9.17) is 17.0 Å². The molecule has 1 amide bonds. The highest BCUT2D eigenvalue weighted by molar-refractivity contribution is 7.71. The summed E-state index contributed by atoms with van der Waals surface area (Å²) in [5.41, 5.74) is -0.238. The molecular formula is C18H15F3N4O2S. The fraction of sp³-hybridized carbons (Fsp3) is 0.167. The van der Waals surface area contributed by atoms with E-state index < -0.39 is 11.7 Å². The predicted octanol–water partition coefficient (Wildman–Crippen LogP) is 3.89. The molecule has 3 aromatic rings. The van der Waals surface area contributed by atoms with Crippen molar-refractivity contribution in [2.75, 3.05) is 7.11 Å². The Morgan fingerprint density at radius 2 is 2.00 bits per heavy atom. The van der Waals surface area contributed by atoms with Gasteiger partial charge in [0.2, 0.25) is 0 Å². The first-order chi connectivity index (χ1) is 13.3. The lowest BCUT2D eigenvalue weighted by molar-refractivity contribution is -0.137. The van der Waals surface area contributed by atoms with Crippen molar-refractivity contribution >= 4 is 18.1 Å². The number of halogens is 3. The molecule has 0 aliphatic carbocycles. The van der Waals surface area contributed by atoms with Crippen LogP contribution in [0.1, 0.15) is 21.7 Å². The maximum Gasteiger partial charge on any atom is 0.416 e. The van der Waals surface area contributed by atoms with Gasteiger partial charge in [0.05, 0.1) is 24.9 Å². The largest absolute Gasteiger partial charge is 0.497 e. The summed E-state index contributed by atoms with van der Waals surface area (Å²) in [6.45, 7) is -0.0422. The lowest BCUT2D eigenvalue weighted by Crippen LogP contribution is -2.24. The molecule has 0 radical (unpaired) electrons. The molecule has 0 fully saturated rings. The van der Waals surface area contributed by atoms with E-state index in [9.17, 15) is 18.0 Å². The SMILES string of the molecule is COc1cccc(C(=O)NCc2n[nH]c(=S)n2-c2cccc(C(F)(F)F)c2)c1. The summed E-state index contributed by atoms with van der Waals surface area (Å²) < 4.78 is 45.5. The van der Waals surface area contributed by atoms with Gasteiger partial charge in [0, 0.05) is 5.56 Å². The van der Waals surface area contributed by atoms with Crippen LogP contribution >= 0.6 is 12.2 Å². The molecule has 0 aliphatic heterocycles. The van der Waals surface area contributed by atoms with Gasteiger partial charge in [-0.2, -0.15) is 18.3 Å². The molecule has 1 aromatic heterocycles. The summed E-state index contributed by atoms with van der Waals surface area (Å²) in [7, 11) is 1.49. The van der Waals surface area contributed by atoms with Gasteiger partial charge in [0.25, 0.3) is 5.91 Å². The van der Waals surface area contributed by atoms with Crippen molar-refractivity contribution in [1.29, 1.82) is 0 Å². The van der Waals surface area contributed by atoms with Crippen molar-refractivity contribution in [3.8, 4) is 11.4 Å². The van der Waals surface area contributed by atoms with Crippen LogP contribution in [0.4, 0.5) is 13.2 Å². The number of nitrogens with zero attached hydrogens (tertiary/aromatic N) is 2. The Morgan fingerprint density at radius 3 is 2.71 bits per heavy atom. The van der Waals surface area contributed by atoms with Gasteiger partial charge in [-0.1, -0.05) is 12.1 Å². The van der Waals surface area contributed by atoms with E-state index in [0.717, 1.165) is 12.1 Å². The fourth-order valence-electron chi connectivity index (χ4n) is 2.56. The first-order valence-electron chi connectivity index (χ1n) is 8.06. The zero-order valence-electron chi connectivity index (χ0n) is 14.6. The Bertz CT molecular complexity index is 1060. The number of aromatic nitrogens is 3. The number of nitrogens with one attached hydrogen (secondary N) is 2. The molecule has 1 heterocycles. The Kier molecular flexibility index (Phi) is 5.50. The molecule has 0 bridgehead atoms. The molecule has 10 heteroatoms. The number of H-pyrrole nitrogens is 1. The Hall–Kier alpha value is -3.14. The Morgan fingerprint density at radius 1 is 1.25 bits per heavy atom. The predicted molar refractivity (Wildman–Crippen MR) is 97.9 cm³/mol. The minimum atomic E-state index is -4.48. The van der Waals surface area contributed by atoms with Crippen LogP contribution in [0.5, 0.6) is 5.75 Å². The smallest absolute Gasteiger partial charge is 0.416 e. The van der Waals surface area contributed by atoms with Crippen molar-refractivity contribution in [2.24, 2.45) is 0 Å². The summed E-state index contributed by atoms with van der Waals surface area (Å²) in [6.07, 6.45) is -4.48. The monoisotopic (exact) mass is 408 g/mol. The van der Waals surface area contributed by atoms with Gasteiger partial charge in [-0.15, -0.1) is 0 Å². The van der Waals surface area contributed by atoms with Crippen LogP contribution in [0, 0.1) is 4.77 Å². The van der Waals surface area contributed by atoms with E-state index in [1.165, 1.54) is 23.8 Å². The summed E-state index contributed by atoms with van der Waals surface area (Å²) in [5.74, 6) is 0.406. The molecule has 146 valence electrons. The van der Waals surface area contributed by atoms with Gasteiger partial charge >= 0.3 is 6.18 Å². The van der Waals surface area contributed by atoms with Crippen LogP contribution < -0.4 is 10.1 Å². The minimum Gasteiger partial charge on any atom is -0.497 e. The third-order valence-electron chi connectivity index (χ3n) is 3.91. The van der Waals surface area contributed by atoms with E-state index >= 15 is 0 Å². The van der Waals surface area contributed by atoms with Crippen LogP contribution in [-0.2, 0) is 12.7 Å². The summed E-state index contributed by atoms with van der Waals surface area (Å²) >= 11 is 5.13. The highest BCUT2D eigenvalue weighted by Gasteiger charge is 2.30. The van der Waals surface area contributed by atoms with E-state index in [-0.39, 0.29) is 28.7 Å². The molecule has 6 nitrogen and oxygen atoms in total. The number of aromatic amines is 1. The fourth-order valence-corrected chi connectivity index (χ4v) is 2.82. The van der Waals surface area contributed by atoms with Crippen molar-refractivity contribution in [2.45, 2.75) is 12.7 Å². The second kappa shape index (κ2) is 7.85. The normalized spacial score (nSPS) is 11.3. The van der Waals surface area contributed by atoms with E-state index in [0.29, 0.717) is 11.3 Å². The van der Waals surface area contributed by atoms with Crippen LogP contribution in [0.3, 0.4) is 0 Å². The third kappa shape index (κ3) is 4.22. The molecular weight excluding hydrogens is 393 g/mol. The van der Waals surface area contributed by atoms with E-state index in [2.05, 4.69) is 15.5 Å². The summed E-state index contributed by atoms with van der Waals surface area (Å²) in [5, 5.41) is 9.22. The number of alkyl halides is 3. The zero-order valence-corrected chi connectivity index (χ0v) is 15.4. The Balaban J connectivity index is 1.84. The minimum absolute atomic E-state index is 0.0422. The number of rotatable bonds is 5. The van der Waals surface area contributed by atoms with Crippen molar-refractivity contribution in [1.82, 2.24) is 20.1 Å². The number of amides is 1. The number of hydrogen-bond donors (Lipinski definition) is 2. The standard InChI is InChI=1S/C18H15F3N4O2S/c1-27-14-7-2-4-11(8-14)16(26)22-10-15-23-24-17(28)25(15)13-6-3-5-12(9-13)18(19,20)21/h2-9H,10H2,1H3,(H,22,26)(H,24,28). The molecule has 0 saturated heterocycles. The van der Waals surface area contributed by atoms with Crippen molar-refractivity contribution < 1.29 is 22.7 Å². The average Bonchev–Trinajstić information content (AvgIpc) is 3.06. The molecule has 0 atom stereocenters. The summed E-state index contributed by atoms with van der Waals surface area (Å²) in [6, 6.07) is 11.3. The number of ether oxygens (including phenoxy) is 1. The lowest BCUT2D eigenvalue weighted by atomic mass is 10.2. The number of benzene rings is 2. The second-order valence-electron chi connectivity index (χ2n) is 5.74. The first kappa shape index (κ1) is 19.6.